The number of ether oxygens (including phenoxy) is 1. The molecule has 2 aromatic rings. The minimum absolute atomic E-state index is 0.127. The van der Waals surface area contributed by atoms with E-state index in [4.69, 9.17) is 4.74 Å². The third-order valence-electron chi connectivity index (χ3n) is 4.62. The van der Waals surface area contributed by atoms with Crippen molar-refractivity contribution in [2.45, 2.75) is 37.5 Å². The van der Waals surface area contributed by atoms with E-state index in [1.165, 1.54) is 25.3 Å². The zero-order valence-corrected chi connectivity index (χ0v) is 16.6. The molecule has 0 bridgehead atoms. The molecule has 2 amide bonds. The van der Waals surface area contributed by atoms with Crippen LogP contribution in [0.3, 0.4) is 0 Å². The van der Waals surface area contributed by atoms with E-state index >= 15 is 0 Å². The maximum atomic E-state index is 13.1. The van der Waals surface area contributed by atoms with E-state index in [-0.39, 0.29) is 41.0 Å². The molecule has 0 spiro atoms. The smallest absolute Gasteiger partial charge is 0.265 e. The number of anilines is 2. The van der Waals surface area contributed by atoms with Crippen molar-refractivity contribution in [3.63, 3.8) is 0 Å². The monoisotopic (exact) mass is 402 g/mol. The van der Waals surface area contributed by atoms with Crippen molar-refractivity contribution in [1.82, 2.24) is 0 Å². The molecule has 0 aliphatic carbocycles. The van der Waals surface area contributed by atoms with E-state index in [0.29, 0.717) is 18.5 Å². The maximum absolute atomic E-state index is 13.1. The molecular formula is C20H22N2O5S. The molecule has 0 atom stereocenters. The molecule has 0 unspecified atom stereocenters. The van der Waals surface area contributed by atoms with Crippen molar-refractivity contribution in [1.29, 1.82) is 0 Å². The Bertz CT molecular complexity index is 1000. The number of rotatable bonds is 6. The first-order valence-electron chi connectivity index (χ1n) is 9.02. The van der Waals surface area contributed by atoms with Crippen molar-refractivity contribution >= 4 is 33.2 Å². The van der Waals surface area contributed by atoms with E-state index < -0.39 is 10.0 Å². The molecule has 1 saturated heterocycles. The first-order valence-corrected chi connectivity index (χ1v) is 10.5. The van der Waals surface area contributed by atoms with Crippen LogP contribution >= 0.6 is 0 Å². The average molecular weight is 402 g/mol. The van der Waals surface area contributed by atoms with Crippen molar-refractivity contribution in [2.24, 2.45) is 0 Å². The van der Waals surface area contributed by atoms with Crippen molar-refractivity contribution < 1.29 is 22.7 Å². The van der Waals surface area contributed by atoms with Gasteiger partial charge >= 0.3 is 0 Å². The lowest BCUT2D eigenvalue weighted by Gasteiger charge is -2.25. The van der Waals surface area contributed by atoms with Crippen LogP contribution in [0.1, 0.15) is 31.7 Å². The van der Waals surface area contributed by atoms with Gasteiger partial charge in [-0.25, -0.2) is 8.42 Å². The molecule has 28 heavy (non-hydrogen) atoms. The second kappa shape index (κ2) is 8.02. The van der Waals surface area contributed by atoms with Crippen LogP contribution in [0.15, 0.2) is 47.4 Å². The van der Waals surface area contributed by atoms with Crippen molar-refractivity contribution in [2.75, 3.05) is 16.7 Å². The molecule has 1 fully saturated rings. The zero-order chi connectivity index (χ0) is 20.3. The molecule has 7 nitrogen and oxygen atoms in total. The second-order valence-corrected chi connectivity index (χ2v) is 8.08. The van der Waals surface area contributed by atoms with Gasteiger partial charge in [-0.05, 0) is 42.7 Å². The summed E-state index contributed by atoms with van der Waals surface area (Å²) in [5.74, 6) is -0.551. The molecule has 1 heterocycles. The summed E-state index contributed by atoms with van der Waals surface area (Å²) in [4.78, 5) is 25.3. The van der Waals surface area contributed by atoms with Gasteiger partial charge in [-0.1, -0.05) is 25.1 Å². The summed E-state index contributed by atoms with van der Waals surface area (Å²) >= 11 is 0. The Labute approximate surface area is 164 Å². The molecule has 2 aromatic carbocycles. The SMILES string of the molecule is CCc1ccccc1NS(=O)(=O)c1cc(N2C(=O)CCCC2=O)ccc1OC. The summed E-state index contributed by atoms with van der Waals surface area (Å²) in [5.41, 5.74) is 1.55. The molecule has 0 aromatic heterocycles. The highest BCUT2D eigenvalue weighted by molar-refractivity contribution is 7.92. The van der Waals surface area contributed by atoms with Gasteiger partial charge in [0, 0.05) is 12.8 Å². The molecule has 3 rings (SSSR count). The van der Waals surface area contributed by atoms with E-state index in [2.05, 4.69) is 4.72 Å². The summed E-state index contributed by atoms with van der Waals surface area (Å²) < 4.78 is 33.9. The molecule has 1 aliphatic rings. The van der Waals surface area contributed by atoms with Crippen molar-refractivity contribution in [3.8, 4) is 5.75 Å². The zero-order valence-electron chi connectivity index (χ0n) is 15.8. The number of methoxy groups -OCH3 is 1. The highest BCUT2D eigenvalue weighted by Crippen LogP contribution is 2.32. The van der Waals surface area contributed by atoms with Gasteiger partial charge in [0.25, 0.3) is 10.0 Å². The standard InChI is InChI=1S/C20H22N2O5S/c1-3-14-7-4-5-8-16(14)21-28(25,26)18-13-15(11-12-17(18)27-2)22-19(23)9-6-10-20(22)24/h4-5,7-8,11-13,21H,3,6,9-10H2,1-2H3. The number of carbonyl (C=O) groups is 2. The number of benzene rings is 2. The Morgan fingerprint density at radius 3 is 2.39 bits per heavy atom. The van der Waals surface area contributed by atoms with Gasteiger partial charge in [-0.15, -0.1) is 0 Å². The van der Waals surface area contributed by atoms with Gasteiger partial charge in [0.05, 0.1) is 18.5 Å². The summed E-state index contributed by atoms with van der Waals surface area (Å²) in [7, 11) is -2.64. The lowest BCUT2D eigenvalue weighted by atomic mass is 10.1. The minimum Gasteiger partial charge on any atom is -0.495 e. The molecule has 0 saturated carbocycles. The lowest BCUT2D eigenvalue weighted by molar-refractivity contribution is -0.129. The molecule has 1 N–H and O–H groups in total. The maximum Gasteiger partial charge on any atom is 0.265 e. The van der Waals surface area contributed by atoms with E-state index in [1.807, 2.05) is 19.1 Å². The third-order valence-corrected chi connectivity index (χ3v) is 6.00. The van der Waals surface area contributed by atoms with Crippen LogP contribution in [-0.2, 0) is 26.0 Å². The van der Waals surface area contributed by atoms with Crippen LogP contribution in [-0.4, -0.2) is 27.3 Å². The van der Waals surface area contributed by atoms with Gasteiger partial charge in [0.2, 0.25) is 11.8 Å². The fourth-order valence-electron chi connectivity index (χ4n) is 3.18. The Hall–Kier alpha value is -2.87. The topological polar surface area (TPSA) is 92.8 Å². The Morgan fingerprint density at radius 1 is 1.07 bits per heavy atom. The van der Waals surface area contributed by atoms with E-state index in [9.17, 15) is 18.0 Å². The third kappa shape index (κ3) is 3.87. The van der Waals surface area contributed by atoms with Crippen LogP contribution in [0.5, 0.6) is 5.75 Å². The number of hydrogen-bond acceptors (Lipinski definition) is 5. The molecular weight excluding hydrogens is 380 g/mol. The van der Waals surface area contributed by atoms with Crippen LogP contribution in [0, 0.1) is 0 Å². The first kappa shape index (κ1) is 19.9. The van der Waals surface area contributed by atoms with Gasteiger partial charge in [-0.2, -0.15) is 0 Å². The van der Waals surface area contributed by atoms with Crippen LogP contribution in [0.4, 0.5) is 11.4 Å². The molecule has 1 aliphatic heterocycles. The fourth-order valence-corrected chi connectivity index (χ4v) is 4.47. The van der Waals surface area contributed by atoms with Gasteiger partial charge < -0.3 is 4.74 Å². The number of para-hydroxylation sites is 1. The Balaban J connectivity index is 2.04. The number of aryl methyl sites for hydroxylation is 1. The predicted molar refractivity (Wildman–Crippen MR) is 106 cm³/mol. The predicted octanol–water partition coefficient (Wildman–Crippen LogP) is 3.10. The van der Waals surface area contributed by atoms with Crippen LogP contribution < -0.4 is 14.4 Å². The highest BCUT2D eigenvalue weighted by Gasteiger charge is 2.30. The number of nitrogens with one attached hydrogen (secondary N) is 1. The Morgan fingerprint density at radius 2 is 1.75 bits per heavy atom. The lowest BCUT2D eigenvalue weighted by Crippen LogP contribution is -2.40. The number of amides is 2. The van der Waals surface area contributed by atoms with Gasteiger partial charge in [0.15, 0.2) is 0 Å². The fraction of sp³-hybridized carbons (Fsp3) is 0.300. The normalized spacial score (nSPS) is 14.9. The number of nitrogens with zero attached hydrogens (tertiary/aromatic N) is 1. The minimum atomic E-state index is -4.01. The summed E-state index contributed by atoms with van der Waals surface area (Å²) in [6.07, 6.45) is 1.67. The Kier molecular flexibility index (Phi) is 5.69. The highest BCUT2D eigenvalue weighted by atomic mass is 32.2. The second-order valence-electron chi connectivity index (χ2n) is 6.43. The van der Waals surface area contributed by atoms with Crippen molar-refractivity contribution in [3.05, 3.63) is 48.0 Å². The first-order chi connectivity index (χ1) is 13.4. The summed E-state index contributed by atoms with van der Waals surface area (Å²) in [5, 5.41) is 0. The van der Waals surface area contributed by atoms with Gasteiger partial charge in [0.1, 0.15) is 10.6 Å². The summed E-state index contributed by atoms with van der Waals surface area (Å²) in [6, 6.07) is 11.4. The van der Waals surface area contributed by atoms with Crippen LogP contribution in [0.2, 0.25) is 0 Å². The molecule has 148 valence electrons. The number of sulfonamides is 1. The number of hydrogen-bond donors (Lipinski definition) is 1. The number of piperidine rings is 1. The van der Waals surface area contributed by atoms with E-state index in [1.54, 1.807) is 12.1 Å². The van der Waals surface area contributed by atoms with Gasteiger partial charge in [-0.3, -0.25) is 19.2 Å². The number of carbonyl (C=O) groups excluding carboxylic acids is 2. The van der Waals surface area contributed by atoms with Crippen LogP contribution in [0.25, 0.3) is 0 Å². The average Bonchev–Trinajstić information content (AvgIpc) is 2.68. The summed E-state index contributed by atoms with van der Waals surface area (Å²) in [6.45, 7) is 1.93. The van der Waals surface area contributed by atoms with E-state index in [0.717, 1.165) is 10.5 Å². The number of imide groups is 1. The quantitative estimate of drug-likeness (QED) is 0.750. The molecule has 0 radical (unpaired) electrons. The largest absolute Gasteiger partial charge is 0.495 e. The molecule has 8 heteroatoms.